The lowest BCUT2D eigenvalue weighted by atomic mass is 9.89. The molecule has 1 aromatic rings. The number of phenols is 1. The maximum absolute atomic E-state index is 11.6. The van der Waals surface area contributed by atoms with Gasteiger partial charge in [-0.3, -0.25) is 9.59 Å². The zero-order valence-corrected chi connectivity index (χ0v) is 13.6. The Morgan fingerprint density at radius 3 is 2.70 bits per heavy atom. The highest BCUT2D eigenvalue weighted by Crippen LogP contribution is 2.40. The van der Waals surface area contributed by atoms with Gasteiger partial charge in [0.15, 0.2) is 0 Å². The second-order valence-electron chi connectivity index (χ2n) is 6.25. The average molecular weight is 322 g/mol. The molecule has 23 heavy (non-hydrogen) atoms. The van der Waals surface area contributed by atoms with E-state index in [1.54, 1.807) is 6.07 Å². The minimum absolute atomic E-state index is 0.0737. The summed E-state index contributed by atoms with van der Waals surface area (Å²) >= 11 is 0. The topological polar surface area (TPSA) is 93.1 Å². The largest absolute Gasteiger partial charge is 0.508 e. The van der Waals surface area contributed by atoms with Gasteiger partial charge in [-0.25, -0.2) is 0 Å². The summed E-state index contributed by atoms with van der Waals surface area (Å²) in [6.07, 6.45) is 0.986. The smallest absolute Gasteiger partial charge is 0.306 e. The first-order valence-electron chi connectivity index (χ1n) is 7.60. The number of aryl methyl sites for hydroxylation is 1. The van der Waals surface area contributed by atoms with E-state index in [4.69, 9.17) is 14.6 Å². The van der Waals surface area contributed by atoms with E-state index in [1.165, 1.54) is 0 Å². The van der Waals surface area contributed by atoms with Crippen molar-refractivity contribution in [1.82, 2.24) is 0 Å². The second-order valence-corrected chi connectivity index (χ2v) is 6.25. The highest BCUT2D eigenvalue weighted by molar-refractivity contribution is 5.76. The van der Waals surface area contributed by atoms with E-state index in [9.17, 15) is 14.7 Å². The maximum Gasteiger partial charge on any atom is 0.306 e. The number of carboxylic acids is 1. The molecule has 1 aromatic carbocycles. The summed E-state index contributed by atoms with van der Waals surface area (Å²) < 4.78 is 11.2. The van der Waals surface area contributed by atoms with Crippen LogP contribution >= 0.6 is 0 Å². The lowest BCUT2D eigenvalue weighted by Gasteiger charge is -2.36. The van der Waals surface area contributed by atoms with Gasteiger partial charge in [0.2, 0.25) is 0 Å². The van der Waals surface area contributed by atoms with Gasteiger partial charge < -0.3 is 19.7 Å². The van der Waals surface area contributed by atoms with Gasteiger partial charge in [0, 0.05) is 5.56 Å². The van der Waals surface area contributed by atoms with E-state index < -0.39 is 17.5 Å². The fourth-order valence-corrected chi connectivity index (χ4v) is 2.69. The molecule has 2 N–H and O–H groups in total. The van der Waals surface area contributed by atoms with Crippen LogP contribution in [0.3, 0.4) is 0 Å². The first kappa shape index (κ1) is 17.1. The number of ether oxygens (including phenoxy) is 2. The van der Waals surface area contributed by atoms with Crippen LogP contribution in [0, 0.1) is 13.8 Å². The van der Waals surface area contributed by atoms with Gasteiger partial charge in [-0.15, -0.1) is 0 Å². The van der Waals surface area contributed by atoms with Crippen LogP contribution in [0.4, 0.5) is 0 Å². The van der Waals surface area contributed by atoms with Crippen molar-refractivity contribution >= 4 is 11.9 Å². The van der Waals surface area contributed by atoms with Gasteiger partial charge in [-0.2, -0.15) is 0 Å². The lowest BCUT2D eigenvalue weighted by Crippen LogP contribution is -2.42. The average Bonchev–Trinajstić information content (AvgIpc) is 2.49. The Kier molecular flexibility index (Phi) is 4.82. The molecule has 0 amide bonds. The van der Waals surface area contributed by atoms with Crippen molar-refractivity contribution < 1.29 is 29.3 Å². The van der Waals surface area contributed by atoms with Crippen molar-refractivity contribution in [3.8, 4) is 11.5 Å². The molecule has 6 nitrogen and oxygen atoms in total. The Balaban J connectivity index is 2.04. The standard InChI is InChI=1S/C17H22O6/c1-10-8-13(18)11(2)12-6-7-17(3,23-16(10)12)9-22-15(21)5-4-14(19)20/h8,18H,4-7,9H2,1-3H3,(H,19,20)/t17-/m0/s1. The number of phenolic OH excluding ortho intramolecular Hbond substituents is 1. The van der Waals surface area contributed by atoms with Gasteiger partial charge in [0.1, 0.15) is 23.7 Å². The third kappa shape index (κ3) is 3.94. The Bertz CT molecular complexity index is 636. The summed E-state index contributed by atoms with van der Waals surface area (Å²) in [7, 11) is 0. The van der Waals surface area contributed by atoms with Crippen LogP contribution in [0.15, 0.2) is 6.07 Å². The molecule has 1 aliphatic rings. The number of esters is 1. The first-order chi connectivity index (χ1) is 10.7. The van der Waals surface area contributed by atoms with Crippen molar-refractivity contribution in [1.29, 1.82) is 0 Å². The summed E-state index contributed by atoms with van der Waals surface area (Å²) in [5, 5.41) is 18.5. The molecule has 126 valence electrons. The second kappa shape index (κ2) is 6.48. The van der Waals surface area contributed by atoms with Crippen LogP contribution in [-0.2, 0) is 20.7 Å². The number of carboxylic acid groups (broad SMARTS) is 1. The minimum Gasteiger partial charge on any atom is -0.508 e. The highest BCUT2D eigenvalue weighted by Gasteiger charge is 2.35. The summed E-state index contributed by atoms with van der Waals surface area (Å²) in [5.74, 6) is -0.576. The maximum atomic E-state index is 11.6. The Morgan fingerprint density at radius 1 is 1.35 bits per heavy atom. The van der Waals surface area contributed by atoms with Crippen LogP contribution < -0.4 is 4.74 Å². The first-order valence-corrected chi connectivity index (χ1v) is 7.60. The number of hydrogen-bond acceptors (Lipinski definition) is 5. The van der Waals surface area contributed by atoms with Crippen LogP contribution in [0.25, 0.3) is 0 Å². The molecule has 0 fully saturated rings. The predicted molar refractivity (Wildman–Crippen MR) is 82.8 cm³/mol. The van der Waals surface area contributed by atoms with Crippen molar-refractivity contribution in [2.24, 2.45) is 0 Å². The van der Waals surface area contributed by atoms with E-state index in [2.05, 4.69) is 0 Å². The molecule has 0 spiro atoms. The van der Waals surface area contributed by atoms with Gasteiger partial charge in [0.25, 0.3) is 0 Å². The zero-order chi connectivity index (χ0) is 17.2. The molecule has 0 radical (unpaired) electrons. The Morgan fingerprint density at radius 2 is 2.04 bits per heavy atom. The number of hydrogen-bond donors (Lipinski definition) is 2. The van der Waals surface area contributed by atoms with Crippen molar-refractivity contribution in [2.45, 2.75) is 52.1 Å². The van der Waals surface area contributed by atoms with Crippen LogP contribution in [0.5, 0.6) is 11.5 Å². The molecule has 0 aliphatic carbocycles. The number of carbonyl (C=O) groups is 2. The van der Waals surface area contributed by atoms with Crippen LogP contribution in [0.1, 0.15) is 42.9 Å². The van der Waals surface area contributed by atoms with E-state index in [-0.39, 0.29) is 25.2 Å². The van der Waals surface area contributed by atoms with Crippen molar-refractivity contribution in [2.75, 3.05) is 6.61 Å². The van der Waals surface area contributed by atoms with Gasteiger partial charge in [0.05, 0.1) is 12.8 Å². The SMILES string of the molecule is Cc1cc(O)c(C)c2c1O[C@](C)(COC(=O)CCC(=O)O)CC2. The number of fused-ring (bicyclic) bond motifs is 1. The van der Waals surface area contributed by atoms with Gasteiger partial charge in [-0.05, 0) is 50.8 Å². The predicted octanol–water partition coefficient (Wildman–Crippen LogP) is 2.50. The molecule has 1 aliphatic heterocycles. The summed E-state index contributed by atoms with van der Waals surface area (Å²) in [4.78, 5) is 22.0. The van der Waals surface area contributed by atoms with E-state index in [0.717, 1.165) is 28.9 Å². The highest BCUT2D eigenvalue weighted by atomic mass is 16.6. The van der Waals surface area contributed by atoms with Crippen LogP contribution in [0.2, 0.25) is 0 Å². The normalized spacial score (nSPS) is 19.6. The molecule has 0 bridgehead atoms. The molecule has 1 atom stereocenters. The minimum atomic E-state index is -1.03. The summed E-state index contributed by atoms with van der Waals surface area (Å²) in [6, 6.07) is 1.67. The number of aliphatic carboxylic acids is 1. The third-order valence-electron chi connectivity index (χ3n) is 4.16. The molecule has 0 saturated heterocycles. The molecule has 1 heterocycles. The van der Waals surface area contributed by atoms with E-state index in [1.807, 2.05) is 20.8 Å². The van der Waals surface area contributed by atoms with Crippen molar-refractivity contribution in [3.63, 3.8) is 0 Å². The van der Waals surface area contributed by atoms with Gasteiger partial charge >= 0.3 is 11.9 Å². The van der Waals surface area contributed by atoms with E-state index in [0.29, 0.717) is 6.42 Å². The number of benzene rings is 1. The molecule has 0 aromatic heterocycles. The monoisotopic (exact) mass is 322 g/mol. The molecule has 2 rings (SSSR count). The number of rotatable bonds is 5. The molecule has 6 heteroatoms. The number of aromatic hydroxyl groups is 1. The summed E-state index contributed by atoms with van der Waals surface area (Å²) in [6.45, 7) is 5.65. The fraction of sp³-hybridized carbons (Fsp3) is 0.529. The fourth-order valence-electron chi connectivity index (χ4n) is 2.69. The summed E-state index contributed by atoms with van der Waals surface area (Å²) in [5.41, 5.74) is 1.98. The van der Waals surface area contributed by atoms with Gasteiger partial charge in [-0.1, -0.05) is 0 Å². The Hall–Kier alpha value is -2.24. The third-order valence-corrected chi connectivity index (χ3v) is 4.16. The van der Waals surface area contributed by atoms with Crippen LogP contribution in [-0.4, -0.2) is 34.4 Å². The quantitative estimate of drug-likeness (QED) is 0.809. The Labute approximate surface area is 135 Å². The molecule has 0 unspecified atom stereocenters. The molecular weight excluding hydrogens is 300 g/mol. The lowest BCUT2D eigenvalue weighted by molar-refractivity contribution is -0.152. The van der Waals surface area contributed by atoms with Crippen molar-refractivity contribution in [3.05, 3.63) is 22.8 Å². The molecular formula is C17H22O6. The number of carbonyl (C=O) groups excluding carboxylic acids is 1. The molecule has 0 saturated carbocycles. The zero-order valence-electron chi connectivity index (χ0n) is 13.6. The van der Waals surface area contributed by atoms with E-state index >= 15 is 0 Å².